The quantitative estimate of drug-likeness (QED) is 0.630. The number of carbonyl (C=O) groups is 1. The largest absolute Gasteiger partial charge is 0.467 e. The first-order valence-electron chi connectivity index (χ1n) is 6.10. The SMILES string of the molecule is CCCCC(OCCC(C)(C)C)C(=O)OC. The Hall–Kier alpha value is -0.570. The van der Waals surface area contributed by atoms with Crippen molar-refractivity contribution in [1.82, 2.24) is 0 Å². The fraction of sp³-hybridized carbons (Fsp3) is 0.923. The number of hydrogen-bond acceptors (Lipinski definition) is 3. The number of methoxy groups -OCH3 is 1. The molecule has 0 aliphatic heterocycles. The van der Waals surface area contributed by atoms with Crippen LogP contribution in [-0.2, 0) is 14.3 Å². The summed E-state index contributed by atoms with van der Waals surface area (Å²) >= 11 is 0. The minimum atomic E-state index is -0.382. The Bertz CT molecular complexity index is 194. The van der Waals surface area contributed by atoms with Gasteiger partial charge in [-0.25, -0.2) is 4.79 Å². The van der Waals surface area contributed by atoms with Gasteiger partial charge < -0.3 is 9.47 Å². The number of esters is 1. The van der Waals surface area contributed by atoms with Crippen molar-refractivity contribution in [2.45, 2.75) is 59.5 Å². The van der Waals surface area contributed by atoms with Crippen LogP contribution in [0.1, 0.15) is 53.4 Å². The molecular weight excluding hydrogens is 204 g/mol. The third-order valence-electron chi connectivity index (χ3n) is 2.46. The van der Waals surface area contributed by atoms with Crippen molar-refractivity contribution in [2.75, 3.05) is 13.7 Å². The van der Waals surface area contributed by atoms with Gasteiger partial charge in [-0.05, 0) is 18.3 Å². The van der Waals surface area contributed by atoms with E-state index in [-0.39, 0.29) is 17.5 Å². The van der Waals surface area contributed by atoms with E-state index in [1.165, 1.54) is 7.11 Å². The van der Waals surface area contributed by atoms with Gasteiger partial charge in [0.15, 0.2) is 6.10 Å². The standard InChI is InChI=1S/C13H26O3/c1-6-7-8-11(12(14)15-5)16-10-9-13(2,3)4/h11H,6-10H2,1-5H3. The molecule has 0 fully saturated rings. The van der Waals surface area contributed by atoms with Gasteiger partial charge in [0, 0.05) is 6.61 Å². The molecule has 0 aromatic carbocycles. The molecule has 1 atom stereocenters. The average Bonchev–Trinajstić information content (AvgIpc) is 2.20. The van der Waals surface area contributed by atoms with Crippen LogP contribution in [-0.4, -0.2) is 25.8 Å². The van der Waals surface area contributed by atoms with Crippen LogP contribution in [0.2, 0.25) is 0 Å². The van der Waals surface area contributed by atoms with E-state index < -0.39 is 0 Å². The van der Waals surface area contributed by atoms with Crippen molar-refractivity contribution in [3.63, 3.8) is 0 Å². The molecule has 0 aliphatic rings. The molecule has 0 aromatic rings. The fourth-order valence-corrected chi connectivity index (χ4v) is 1.30. The Balaban J connectivity index is 3.96. The van der Waals surface area contributed by atoms with Crippen LogP contribution in [0.15, 0.2) is 0 Å². The number of rotatable bonds is 7. The summed E-state index contributed by atoms with van der Waals surface area (Å²) in [6, 6.07) is 0. The molecule has 0 saturated heterocycles. The monoisotopic (exact) mass is 230 g/mol. The second kappa shape index (κ2) is 7.66. The van der Waals surface area contributed by atoms with Gasteiger partial charge in [-0.3, -0.25) is 0 Å². The van der Waals surface area contributed by atoms with Crippen LogP contribution in [0.5, 0.6) is 0 Å². The zero-order chi connectivity index (χ0) is 12.6. The van der Waals surface area contributed by atoms with E-state index >= 15 is 0 Å². The Morgan fingerprint density at radius 3 is 2.38 bits per heavy atom. The smallest absolute Gasteiger partial charge is 0.334 e. The van der Waals surface area contributed by atoms with Crippen LogP contribution in [0, 0.1) is 5.41 Å². The predicted molar refractivity (Wildman–Crippen MR) is 65.4 cm³/mol. The van der Waals surface area contributed by atoms with E-state index in [1.54, 1.807) is 0 Å². The fourth-order valence-electron chi connectivity index (χ4n) is 1.30. The molecule has 96 valence electrons. The molecular formula is C13H26O3. The zero-order valence-electron chi connectivity index (χ0n) is 11.3. The molecule has 0 heterocycles. The van der Waals surface area contributed by atoms with Gasteiger partial charge in [0.1, 0.15) is 0 Å². The molecule has 0 spiro atoms. The highest BCUT2D eigenvalue weighted by molar-refractivity contribution is 5.74. The summed E-state index contributed by atoms with van der Waals surface area (Å²) in [4.78, 5) is 11.4. The minimum Gasteiger partial charge on any atom is -0.467 e. The van der Waals surface area contributed by atoms with Gasteiger partial charge in [0.25, 0.3) is 0 Å². The van der Waals surface area contributed by atoms with E-state index in [4.69, 9.17) is 9.47 Å². The first kappa shape index (κ1) is 15.4. The highest BCUT2D eigenvalue weighted by atomic mass is 16.6. The molecule has 0 aromatic heterocycles. The molecule has 0 N–H and O–H groups in total. The molecule has 3 heteroatoms. The minimum absolute atomic E-state index is 0.241. The van der Waals surface area contributed by atoms with Gasteiger partial charge in [0.2, 0.25) is 0 Å². The van der Waals surface area contributed by atoms with Gasteiger partial charge in [-0.15, -0.1) is 0 Å². The lowest BCUT2D eigenvalue weighted by molar-refractivity contribution is -0.155. The van der Waals surface area contributed by atoms with Crippen LogP contribution in [0.25, 0.3) is 0 Å². The van der Waals surface area contributed by atoms with E-state index in [2.05, 4.69) is 27.7 Å². The van der Waals surface area contributed by atoms with Crippen LogP contribution in [0.4, 0.5) is 0 Å². The van der Waals surface area contributed by atoms with E-state index in [9.17, 15) is 4.79 Å². The first-order chi connectivity index (χ1) is 7.40. The van der Waals surface area contributed by atoms with Gasteiger partial charge >= 0.3 is 5.97 Å². The maximum absolute atomic E-state index is 11.4. The van der Waals surface area contributed by atoms with Crippen LogP contribution < -0.4 is 0 Å². The predicted octanol–water partition coefficient (Wildman–Crippen LogP) is 3.17. The summed E-state index contributed by atoms with van der Waals surface area (Å²) < 4.78 is 10.3. The molecule has 0 amide bonds. The summed E-state index contributed by atoms with van der Waals surface area (Å²) in [6.07, 6.45) is 3.39. The Morgan fingerprint density at radius 1 is 1.31 bits per heavy atom. The van der Waals surface area contributed by atoms with E-state index in [0.29, 0.717) is 6.61 Å². The average molecular weight is 230 g/mol. The molecule has 3 nitrogen and oxygen atoms in total. The highest BCUT2D eigenvalue weighted by Crippen LogP contribution is 2.19. The molecule has 1 unspecified atom stereocenters. The maximum Gasteiger partial charge on any atom is 0.334 e. The van der Waals surface area contributed by atoms with Crippen molar-refractivity contribution in [3.8, 4) is 0 Å². The van der Waals surface area contributed by atoms with E-state index in [1.807, 2.05) is 0 Å². The lowest BCUT2D eigenvalue weighted by Crippen LogP contribution is -2.27. The lowest BCUT2D eigenvalue weighted by atomic mass is 9.93. The summed E-state index contributed by atoms with van der Waals surface area (Å²) in [5.74, 6) is -0.248. The van der Waals surface area contributed by atoms with Crippen LogP contribution >= 0.6 is 0 Å². The third kappa shape index (κ3) is 7.69. The zero-order valence-corrected chi connectivity index (χ0v) is 11.3. The number of hydrogen-bond donors (Lipinski definition) is 0. The Kier molecular flexibility index (Phi) is 7.39. The molecule has 0 rings (SSSR count). The Morgan fingerprint density at radius 2 is 1.94 bits per heavy atom. The maximum atomic E-state index is 11.4. The second-order valence-electron chi connectivity index (χ2n) is 5.34. The third-order valence-corrected chi connectivity index (χ3v) is 2.46. The van der Waals surface area contributed by atoms with Crippen molar-refractivity contribution in [3.05, 3.63) is 0 Å². The highest BCUT2D eigenvalue weighted by Gasteiger charge is 2.20. The molecule has 16 heavy (non-hydrogen) atoms. The van der Waals surface area contributed by atoms with Crippen molar-refractivity contribution in [2.24, 2.45) is 5.41 Å². The number of carbonyl (C=O) groups excluding carboxylic acids is 1. The number of ether oxygens (including phenoxy) is 2. The number of unbranched alkanes of at least 4 members (excludes halogenated alkanes) is 1. The molecule has 0 radical (unpaired) electrons. The van der Waals surface area contributed by atoms with Crippen molar-refractivity contribution < 1.29 is 14.3 Å². The molecule has 0 saturated carbocycles. The van der Waals surface area contributed by atoms with Crippen molar-refractivity contribution in [1.29, 1.82) is 0 Å². The summed E-state index contributed by atoms with van der Waals surface area (Å²) in [5, 5.41) is 0. The second-order valence-corrected chi connectivity index (χ2v) is 5.34. The molecule has 0 aliphatic carbocycles. The lowest BCUT2D eigenvalue weighted by Gasteiger charge is -2.20. The van der Waals surface area contributed by atoms with E-state index in [0.717, 1.165) is 25.7 Å². The summed E-state index contributed by atoms with van der Waals surface area (Å²) in [6.45, 7) is 9.21. The summed E-state index contributed by atoms with van der Waals surface area (Å²) in [7, 11) is 1.41. The molecule has 0 bridgehead atoms. The van der Waals surface area contributed by atoms with Gasteiger partial charge in [-0.2, -0.15) is 0 Å². The van der Waals surface area contributed by atoms with Crippen LogP contribution in [0.3, 0.4) is 0 Å². The van der Waals surface area contributed by atoms with Crippen molar-refractivity contribution >= 4 is 5.97 Å². The Labute approximate surface area is 99.5 Å². The van der Waals surface area contributed by atoms with Gasteiger partial charge in [-0.1, -0.05) is 40.5 Å². The summed E-state index contributed by atoms with van der Waals surface area (Å²) in [5.41, 5.74) is 0.241. The topological polar surface area (TPSA) is 35.5 Å². The van der Waals surface area contributed by atoms with Gasteiger partial charge in [0.05, 0.1) is 7.11 Å². The normalized spacial score (nSPS) is 13.6. The first-order valence-corrected chi connectivity index (χ1v) is 6.10.